The number of hydrogen-bond donors (Lipinski definition) is 1. The average Bonchev–Trinajstić information content (AvgIpc) is 3.30. The number of aromatic nitrogens is 4. The Kier molecular flexibility index (Phi) is 5.06. The van der Waals surface area contributed by atoms with Crippen molar-refractivity contribution in [1.82, 2.24) is 29.5 Å². The fraction of sp³-hybridized carbons (Fsp3) is 0.632. The van der Waals surface area contributed by atoms with Crippen molar-refractivity contribution in [2.45, 2.75) is 58.7 Å². The zero-order valence-corrected chi connectivity index (χ0v) is 15.6. The molecule has 1 amide bonds. The molecule has 1 fully saturated rings. The Bertz CT molecular complexity index is 744. The maximum Gasteiger partial charge on any atom is 0.274 e. The van der Waals surface area contributed by atoms with E-state index in [0.29, 0.717) is 5.69 Å². The third-order valence-corrected chi connectivity index (χ3v) is 5.42. The van der Waals surface area contributed by atoms with E-state index in [1.54, 1.807) is 6.20 Å². The number of aromatic amines is 1. The van der Waals surface area contributed by atoms with Crippen LogP contribution in [-0.4, -0.2) is 55.1 Å². The van der Waals surface area contributed by atoms with Gasteiger partial charge in [0.25, 0.3) is 5.91 Å². The van der Waals surface area contributed by atoms with E-state index in [2.05, 4.69) is 26.5 Å². The Morgan fingerprint density at radius 1 is 1.23 bits per heavy atom. The van der Waals surface area contributed by atoms with E-state index in [4.69, 9.17) is 5.10 Å². The molecule has 2 aliphatic heterocycles. The van der Waals surface area contributed by atoms with Crippen LogP contribution in [0.15, 0.2) is 12.4 Å². The number of imidazole rings is 1. The zero-order chi connectivity index (χ0) is 17.9. The van der Waals surface area contributed by atoms with E-state index < -0.39 is 0 Å². The van der Waals surface area contributed by atoms with E-state index in [1.807, 2.05) is 11.1 Å². The Balaban J connectivity index is 1.59. The van der Waals surface area contributed by atoms with Gasteiger partial charge in [0.2, 0.25) is 0 Å². The molecule has 2 aromatic rings. The number of carbonyl (C=O) groups excluding carboxylic acids is 1. The Morgan fingerprint density at radius 3 is 2.81 bits per heavy atom. The molecule has 4 heterocycles. The van der Waals surface area contributed by atoms with Gasteiger partial charge < -0.3 is 9.88 Å². The van der Waals surface area contributed by atoms with Gasteiger partial charge in [0.15, 0.2) is 5.69 Å². The molecule has 0 saturated carbocycles. The minimum absolute atomic E-state index is 0.121. The maximum absolute atomic E-state index is 13.1. The van der Waals surface area contributed by atoms with Gasteiger partial charge in [-0.2, -0.15) is 5.10 Å². The molecule has 0 aliphatic carbocycles. The number of carbonyl (C=O) groups is 1. The minimum Gasteiger partial charge on any atom is -0.348 e. The van der Waals surface area contributed by atoms with E-state index >= 15 is 0 Å². The van der Waals surface area contributed by atoms with Gasteiger partial charge in [-0.05, 0) is 25.7 Å². The lowest BCUT2D eigenvalue weighted by atomic mass is 10.0. The number of piperidine rings is 1. The second kappa shape index (κ2) is 7.61. The number of fused-ring (bicyclic) bond motifs is 1. The van der Waals surface area contributed by atoms with Crippen molar-refractivity contribution in [3.63, 3.8) is 0 Å². The standard InChI is InChI=1S/C19H28N6O/c1-2-9-25-16-6-12-23(14-17-20-7-8-21-17)13-15(16)18(22-25)19(26)24-10-4-3-5-11-24/h7-8H,2-6,9-14H2,1H3,(H,20,21). The third kappa shape index (κ3) is 3.40. The third-order valence-electron chi connectivity index (χ3n) is 5.42. The molecule has 140 valence electrons. The van der Waals surface area contributed by atoms with Gasteiger partial charge >= 0.3 is 0 Å². The molecule has 1 saturated heterocycles. The molecule has 0 unspecified atom stereocenters. The number of H-pyrrole nitrogens is 1. The van der Waals surface area contributed by atoms with Gasteiger partial charge in [-0.3, -0.25) is 14.4 Å². The molecule has 2 aromatic heterocycles. The summed E-state index contributed by atoms with van der Waals surface area (Å²) in [6, 6.07) is 0. The van der Waals surface area contributed by atoms with Gasteiger partial charge in [0.1, 0.15) is 5.82 Å². The van der Waals surface area contributed by atoms with E-state index in [0.717, 1.165) is 76.3 Å². The Labute approximate surface area is 154 Å². The molecular formula is C19H28N6O. The summed E-state index contributed by atoms with van der Waals surface area (Å²) >= 11 is 0. The van der Waals surface area contributed by atoms with Crippen LogP contribution in [0, 0.1) is 0 Å². The van der Waals surface area contributed by atoms with Crippen molar-refractivity contribution in [2.75, 3.05) is 19.6 Å². The van der Waals surface area contributed by atoms with Crippen molar-refractivity contribution >= 4 is 5.91 Å². The molecule has 0 aromatic carbocycles. The lowest BCUT2D eigenvalue weighted by molar-refractivity contribution is 0.0714. The monoisotopic (exact) mass is 356 g/mol. The Morgan fingerprint density at radius 2 is 2.08 bits per heavy atom. The summed E-state index contributed by atoms with van der Waals surface area (Å²) < 4.78 is 2.08. The lowest BCUT2D eigenvalue weighted by Gasteiger charge is -2.29. The SMILES string of the molecule is CCCn1nc(C(=O)N2CCCCC2)c2c1CCN(Cc1ncc[nH]1)C2. The highest BCUT2D eigenvalue weighted by Gasteiger charge is 2.30. The fourth-order valence-electron chi connectivity index (χ4n) is 4.09. The predicted octanol–water partition coefficient (Wildman–Crippen LogP) is 2.20. The average molecular weight is 356 g/mol. The van der Waals surface area contributed by atoms with Crippen molar-refractivity contribution in [3.8, 4) is 0 Å². The molecular weight excluding hydrogens is 328 g/mol. The highest BCUT2D eigenvalue weighted by Crippen LogP contribution is 2.26. The van der Waals surface area contributed by atoms with Gasteiger partial charge in [0, 0.05) is 62.8 Å². The van der Waals surface area contributed by atoms with Crippen LogP contribution in [0.1, 0.15) is 60.2 Å². The number of aryl methyl sites for hydroxylation is 1. The summed E-state index contributed by atoms with van der Waals surface area (Å²) in [4.78, 5) is 25.0. The number of hydrogen-bond acceptors (Lipinski definition) is 4. The molecule has 0 atom stereocenters. The van der Waals surface area contributed by atoms with Crippen LogP contribution in [0.4, 0.5) is 0 Å². The smallest absolute Gasteiger partial charge is 0.274 e. The van der Waals surface area contributed by atoms with Gasteiger partial charge in [0.05, 0.1) is 6.54 Å². The largest absolute Gasteiger partial charge is 0.348 e. The van der Waals surface area contributed by atoms with Crippen LogP contribution in [0.2, 0.25) is 0 Å². The lowest BCUT2D eigenvalue weighted by Crippen LogP contribution is -2.37. The first-order valence-electron chi connectivity index (χ1n) is 9.84. The number of amides is 1. The number of rotatable bonds is 5. The second-order valence-corrected chi connectivity index (χ2v) is 7.35. The van der Waals surface area contributed by atoms with Crippen molar-refractivity contribution in [3.05, 3.63) is 35.2 Å². The summed E-state index contributed by atoms with van der Waals surface area (Å²) in [5.74, 6) is 1.09. The summed E-state index contributed by atoms with van der Waals surface area (Å²) in [5, 5.41) is 4.76. The molecule has 1 N–H and O–H groups in total. The van der Waals surface area contributed by atoms with Gasteiger partial charge in [-0.25, -0.2) is 4.98 Å². The summed E-state index contributed by atoms with van der Waals surface area (Å²) in [6.07, 6.45) is 9.05. The summed E-state index contributed by atoms with van der Waals surface area (Å²) in [6.45, 7) is 7.30. The first-order valence-corrected chi connectivity index (χ1v) is 9.84. The summed E-state index contributed by atoms with van der Waals surface area (Å²) in [7, 11) is 0. The first-order chi connectivity index (χ1) is 12.8. The molecule has 4 rings (SSSR count). The normalized spacial score (nSPS) is 18.1. The van der Waals surface area contributed by atoms with Crippen LogP contribution < -0.4 is 0 Å². The Hall–Kier alpha value is -2.15. The highest BCUT2D eigenvalue weighted by molar-refractivity contribution is 5.94. The van der Waals surface area contributed by atoms with E-state index in [1.165, 1.54) is 12.1 Å². The van der Waals surface area contributed by atoms with Crippen LogP contribution >= 0.6 is 0 Å². The molecule has 2 aliphatic rings. The molecule has 7 nitrogen and oxygen atoms in total. The fourth-order valence-corrected chi connectivity index (χ4v) is 4.09. The van der Waals surface area contributed by atoms with Gasteiger partial charge in [-0.15, -0.1) is 0 Å². The first kappa shape index (κ1) is 17.3. The molecule has 26 heavy (non-hydrogen) atoms. The molecule has 0 spiro atoms. The predicted molar refractivity (Wildman–Crippen MR) is 98.7 cm³/mol. The van der Waals surface area contributed by atoms with Crippen LogP contribution in [-0.2, 0) is 26.1 Å². The maximum atomic E-state index is 13.1. The molecule has 0 bridgehead atoms. The topological polar surface area (TPSA) is 70.1 Å². The molecule has 0 radical (unpaired) electrons. The number of nitrogens with one attached hydrogen (secondary N) is 1. The van der Waals surface area contributed by atoms with Gasteiger partial charge in [-0.1, -0.05) is 6.92 Å². The zero-order valence-electron chi connectivity index (χ0n) is 15.6. The second-order valence-electron chi connectivity index (χ2n) is 7.35. The van der Waals surface area contributed by atoms with Crippen LogP contribution in [0.25, 0.3) is 0 Å². The highest BCUT2D eigenvalue weighted by atomic mass is 16.2. The number of likely N-dealkylation sites (tertiary alicyclic amines) is 1. The minimum atomic E-state index is 0.121. The molecule has 7 heteroatoms. The van der Waals surface area contributed by atoms with Crippen LogP contribution in [0.5, 0.6) is 0 Å². The van der Waals surface area contributed by atoms with Crippen molar-refractivity contribution in [1.29, 1.82) is 0 Å². The summed E-state index contributed by atoms with van der Waals surface area (Å²) in [5.41, 5.74) is 3.06. The quantitative estimate of drug-likeness (QED) is 0.892. The van der Waals surface area contributed by atoms with E-state index in [-0.39, 0.29) is 5.91 Å². The number of nitrogens with zero attached hydrogens (tertiary/aromatic N) is 5. The van der Waals surface area contributed by atoms with Crippen LogP contribution in [0.3, 0.4) is 0 Å². The van der Waals surface area contributed by atoms with Crippen molar-refractivity contribution in [2.24, 2.45) is 0 Å². The van der Waals surface area contributed by atoms with Crippen molar-refractivity contribution < 1.29 is 4.79 Å². The van der Waals surface area contributed by atoms with E-state index in [9.17, 15) is 4.79 Å².